The van der Waals surface area contributed by atoms with Gasteiger partial charge in [-0.25, -0.2) is 0 Å². The van der Waals surface area contributed by atoms with Gasteiger partial charge in [-0.2, -0.15) is 0 Å². The maximum absolute atomic E-state index is 12.8. The van der Waals surface area contributed by atoms with E-state index in [2.05, 4.69) is 45.3 Å². The van der Waals surface area contributed by atoms with Gasteiger partial charge in [-0.15, -0.1) is 0 Å². The van der Waals surface area contributed by atoms with E-state index in [0.717, 1.165) is 43.6 Å². The summed E-state index contributed by atoms with van der Waals surface area (Å²) in [4.78, 5) is 2.24. The zero-order valence-electron chi connectivity index (χ0n) is 12.3. The molecule has 1 atom stereocenters. The molecule has 0 fully saturated rings. The SMILES string of the molecule is CCCNCC(CF)CN(C)CC[N+](C)(C)C. The minimum atomic E-state index is -0.231. The highest BCUT2D eigenvalue weighted by atomic mass is 19.1. The third kappa shape index (κ3) is 10.7. The van der Waals surface area contributed by atoms with Crippen LogP contribution >= 0.6 is 0 Å². The smallest absolute Gasteiger partial charge is 0.0946 e. The van der Waals surface area contributed by atoms with Gasteiger partial charge in [-0.3, -0.25) is 4.39 Å². The quantitative estimate of drug-likeness (QED) is 0.462. The van der Waals surface area contributed by atoms with Crippen LogP contribution in [0.1, 0.15) is 13.3 Å². The van der Waals surface area contributed by atoms with Gasteiger partial charge >= 0.3 is 0 Å². The van der Waals surface area contributed by atoms with Crippen LogP contribution in [0.5, 0.6) is 0 Å². The predicted molar refractivity (Wildman–Crippen MR) is 73.0 cm³/mol. The number of hydrogen-bond acceptors (Lipinski definition) is 2. The summed E-state index contributed by atoms with van der Waals surface area (Å²) in [7, 11) is 8.63. The molecule has 0 rings (SSSR count). The molecule has 0 spiro atoms. The molecule has 1 N–H and O–H groups in total. The Kier molecular flexibility index (Phi) is 8.74. The predicted octanol–water partition coefficient (Wildman–Crippen LogP) is 1.21. The second-order valence-electron chi connectivity index (χ2n) is 6.00. The Hall–Kier alpha value is -0.190. The normalized spacial score (nSPS) is 14.3. The molecule has 104 valence electrons. The minimum absolute atomic E-state index is 0.124. The van der Waals surface area contributed by atoms with Crippen molar-refractivity contribution in [3.8, 4) is 0 Å². The summed E-state index contributed by atoms with van der Waals surface area (Å²) < 4.78 is 13.8. The van der Waals surface area contributed by atoms with Gasteiger partial charge in [-0.05, 0) is 20.0 Å². The zero-order valence-corrected chi connectivity index (χ0v) is 12.3. The van der Waals surface area contributed by atoms with Crippen molar-refractivity contribution >= 4 is 0 Å². The van der Waals surface area contributed by atoms with Gasteiger partial charge in [0.2, 0.25) is 0 Å². The van der Waals surface area contributed by atoms with Gasteiger partial charge in [0.05, 0.1) is 34.4 Å². The van der Waals surface area contributed by atoms with E-state index in [9.17, 15) is 4.39 Å². The molecular weight excluding hydrogens is 217 g/mol. The number of alkyl halides is 1. The van der Waals surface area contributed by atoms with Crippen molar-refractivity contribution in [2.75, 3.05) is 67.6 Å². The lowest BCUT2D eigenvalue weighted by atomic mass is 10.1. The van der Waals surface area contributed by atoms with Crippen LogP contribution in [-0.4, -0.2) is 77.0 Å². The van der Waals surface area contributed by atoms with E-state index < -0.39 is 0 Å². The fourth-order valence-corrected chi connectivity index (χ4v) is 1.65. The largest absolute Gasteiger partial charge is 0.330 e. The molecule has 0 aliphatic heterocycles. The summed E-state index contributed by atoms with van der Waals surface area (Å²) in [5.41, 5.74) is 0. The molecule has 0 aromatic heterocycles. The molecule has 0 aromatic carbocycles. The maximum atomic E-state index is 12.8. The van der Waals surface area contributed by atoms with Crippen molar-refractivity contribution < 1.29 is 8.87 Å². The average Bonchev–Trinajstić information content (AvgIpc) is 2.24. The summed E-state index contributed by atoms with van der Waals surface area (Å²) in [6, 6.07) is 0. The molecule has 0 aliphatic carbocycles. The highest BCUT2D eigenvalue weighted by Crippen LogP contribution is 2.01. The molecule has 17 heavy (non-hydrogen) atoms. The number of hydrogen-bond donors (Lipinski definition) is 1. The average molecular weight is 248 g/mol. The van der Waals surface area contributed by atoms with Crippen molar-refractivity contribution in [3.05, 3.63) is 0 Å². The fraction of sp³-hybridized carbons (Fsp3) is 1.00. The maximum Gasteiger partial charge on any atom is 0.0946 e. The minimum Gasteiger partial charge on any atom is -0.330 e. The van der Waals surface area contributed by atoms with Gasteiger partial charge in [0.25, 0.3) is 0 Å². The third-order valence-electron chi connectivity index (χ3n) is 2.80. The van der Waals surface area contributed by atoms with Crippen molar-refractivity contribution in [2.24, 2.45) is 5.92 Å². The lowest BCUT2D eigenvalue weighted by Crippen LogP contribution is -2.43. The Balaban J connectivity index is 3.77. The van der Waals surface area contributed by atoms with Gasteiger partial charge in [0.15, 0.2) is 0 Å². The molecule has 0 aliphatic rings. The summed E-state index contributed by atoms with van der Waals surface area (Å²) in [6.45, 7) is 6.63. The summed E-state index contributed by atoms with van der Waals surface area (Å²) in [6.07, 6.45) is 1.11. The first-order valence-corrected chi connectivity index (χ1v) is 6.64. The van der Waals surface area contributed by atoms with Gasteiger partial charge in [0, 0.05) is 25.6 Å². The molecule has 4 heteroatoms. The van der Waals surface area contributed by atoms with Crippen LogP contribution in [0.4, 0.5) is 4.39 Å². The Labute approximate surface area is 107 Å². The highest BCUT2D eigenvalue weighted by molar-refractivity contribution is 4.65. The van der Waals surface area contributed by atoms with E-state index in [1.165, 1.54) is 0 Å². The van der Waals surface area contributed by atoms with E-state index >= 15 is 0 Å². The van der Waals surface area contributed by atoms with E-state index in [1.807, 2.05) is 0 Å². The van der Waals surface area contributed by atoms with Gasteiger partial charge in [-0.1, -0.05) is 6.92 Å². The van der Waals surface area contributed by atoms with Gasteiger partial charge in [0.1, 0.15) is 0 Å². The van der Waals surface area contributed by atoms with Crippen molar-refractivity contribution in [2.45, 2.75) is 13.3 Å². The number of rotatable bonds is 10. The molecule has 0 saturated heterocycles. The summed E-state index contributed by atoms with van der Waals surface area (Å²) in [5.74, 6) is 0.124. The lowest BCUT2D eigenvalue weighted by molar-refractivity contribution is -0.869. The Morgan fingerprint density at radius 2 is 1.94 bits per heavy atom. The monoisotopic (exact) mass is 248 g/mol. The molecule has 0 bridgehead atoms. The number of likely N-dealkylation sites (N-methyl/N-ethyl adjacent to an activating group) is 2. The highest BCUT2D eigenvalue weighted by Gasteiger charge is 2.14. The Morgan fingerprint density at radius 1 is 1.29 bits per heavy atom. The van der Waals surface area contributed by atoms with Gasteiger partial charge < -0.3 is 14.7 Å². The Morgan fingerprint density at radius 3 is 2.41 bits per heavy atom. The zero-order chi connectivity index (χ0) is 13.3. The molecule has 0 heterocycles. The fourth-order valence-electron chi connectivity index (χ4n) is 1.65. The standard InChI is InChI=1S/C13H31FN3/c1-6-7-15-11-13(10-14)12-16(2)8-9-17(3,4)5/h13,15H,6-12H2,1-5H3/q+1. The molecule has 0 amide bonds. The molecule has 0 aromatic rings. The third-order valence-corrected chi connectivity index (χ3v) is 2.80. The first-order valence-electron chi connectivity index (χ1n) is 6.64. The van der Waals surface area contributed by atoms with Crippen LogP contribution in [0.25, 0.3) is 0 Å². The van der Waals surface area contributed by atoms with Crippen LogP contribution in [0, 0.1) is 5.92 Å². The van der Waals surface area contributed by atoms with E-state index in [1.54, 1.807) is 0 Å². The molecule has 0 radical (unpaired) electrons. The summed E-state index contributed by atoms with van der Waals surface area (Å²) >= 11 is 0. The van der Waals surface area contributed by atoms with Crippen LogP contribution in [0.3, 0.4) is 0 Å². The molecular formula is C13H31FN3+. The van der Waals surface area contributed by atoms with Crippen molar-refractivity contribution in [1.29, 1.82) is 0 Å². The van der Waals surface area contributed by atoms with E-state index in [-0.39, 0.29) is 12.6 Å². The van der Waals surface area contributed by atoms with Crippen LogP contribution in [0.15, 0.2) is 0 Å². The lowest BCUT2D eigenvalue weighted by Gasteiger charge is -2.28. The van der Waals surface area contributed by atoms with E-state index in [4.69, 9.17) is 0 Å². The number of nitrogens with zero attached hydrogens (tertiary/aromatic N) is 2. The number of quaternary nitrogens is 1. The second kappa shape index (κ2) is 8.84. The van der Waals surface area contributed by atoms with Crippen molar-refractivity contribution in [1.82, 2.24) is 10.2 Å². The van der Waals surface area contributed by atoms with Crippen LogP contribution < -0.4 is 5.32 Å². The first kappa shape index (κ1) is 16.8. The van der Waals surface area contributed by atoms with E-state index in [0.29, 0.717) is 0 Å². The topological polar surface area (TPSA) is 15.3 Å². The number of halogens is 1. The van der Waals surface area contributed by atoms with Crippen molar-refractivity contribution in [3.63, 3.8) is 0 Å². The van der Waals surface area contributed by atoms with Crippen LogP contribution in [-0.2, 0) is 0 Å². The Bertz CT molecular complexity index is 180. The van der Waals surface area contributed by atoms with Crippen LogP contribution in [0.2, 0.25) is 0 Å². The first-order chi connectivity index (χ1) is 7.89. The molecule has 3 nitrogen and oxygen atoms in total. The number of nitrogens with one attached hydrogen (secondary N) is 1. The molecule has 1 unspecified atom stereocenters. The summed E-state index contributed by atoms with van der Waals surface area (Å²) in [5, 5.41) is 3.29. The molecule has 0 saturated carbocycles. The second-order valence-corrected chi connectivity index (χ2v) is 6.00.